The maximum Gasteiger partial charge on any atom is 0.269 e. The van der Waals surface area contributed by atoms with E-state index in [-0.39, 0.29) is 5.69 Å². The zero-order chi connectivity index (χ0) is 10.7. The van der Waals surface area contributed by atoms with Gasteiger partial charge in [-0.1, -0.05) is 15.9 Å². The van der Waals surface area contributed by atoms with E-state index in [1.807, 2.05) is 0 Å². The van der Waals surface area contributed by atoms with Gasteiger partial charge in [0.2, 0.25) is 0 Å². The third-order valence-electron chi connectivity index (χ3n) is 1.73. The number of hydrogen-bond acceptors (Lipinski definition) is 2. The summed E-state index contributed by atoms with van der Waals surface area (Å²) in [6.45, 7) is -0.601. The van der Waals surface area contributed by atoms with Crippen LogP contribution >= 0.6 is 15.9 Å². The Kier molecular flexibility index (Phi) is 3.77. The summed E-state index contributed by atoms with van der Waals surface area (Å²) in [4.78, 5) is 13.7. The van der Waals surface area contributed by atoms with Gasteiger partial charge in [0.05, 0.1) is 17.9 Å². The Morgan fingerprint density at radius 3 is 2.64 bits per heavy atom. The summed E-state index contributed by atoms with van der Waals surface area (Å²) in [5.41, 5.74) is -1.07. The Morgan fingerprint density at radius 1 is 1.57 bits per heavy atom. The molecule has 0 atom stereocenters. The zero-order valence-electron chi connectivity index (χ0n) is 7.06. The number of nitrogens with one attached hydrogen (secondary N) is 1. The molecule has 0 unspecified atom stereocenters. The van der Waals surface area contributed by atoms with Gasteiger partial charge in [0.15, 0.2) is 5.43 Å². The monoisotopic (exact) mass is 267 g/mol. The maximum atomic E-state index is 12.4. The second-order valence-electron chi connectivity index (χ2n) is 2.64. The molecular formula is C8H8BrF2NO2. The Hall–Kier alpha value is -0.750. The van der Waals surface area contributed by atoms with Gasteiger partial charge in [-0.3, -0.25) is 4.79 Å². The highest BCUT2D eigenvalue weighted by Gasteiger charge is 2.17. The fourth-order valence-electron chi connectivity index (χ4n) is 1.12. The van der Waals surface area contributed by atoms with Crippen molar-refractivity contribution in [1.29, 1.82) is 0 Å². The van der Waals surface area contributed by atoms with Crippen LogP contribution < -0.4 is 5.43 Å². The average molecular weight is 268 g/mol. The number of pyridine rings is 1. The van der Waals surface area contributed by atoms with Gasteiger partial charge >= 0.3 is 0 Å². The summed E-state index contributed by atoms with van der Waals surface area (Å²) in [6, 6.07) is 1.09. The minimum Gasteiger partial charge on any atom is -0.390 e. The third-order valence-corrected chi connectivity index (χ3v) is 2.33. The first-order chi connectivity index (χ1) is 6.60. The van der Waals surface area contributed by atoms with Crippen LogP contribution in [0.3, 0.4) is 0 Å². The van der Waals surface area contributed by atoms with Crippen LogP contribution in [-0.2, 0) is 11.9 Å². The van der Waals surface area contributed by atoms with Crippen molar-refractivity contribution in [2.45, 2.75) is 18.4 Å². The quantitative estimate of drug-likeness (QED) is 0.820. The van der Waals surface area contributed by atoms with E-state index in [0.29, 0.717) is 11.0 Å². The van der Waals surface area contributed by atoms with Crippen molar-refractivity contribution < 1.29 is 13.9 Å². The average Bonchev–Trinajstić information content (AvgIpc) is 2.15. The van der Waals surface area contributed by atoms with Crippen molar-refractivity contribution in [3.8, 4) is 0 Å². The molecule has 0 amide bonds. The number of rotatable bonds is 3. The van der Waals surface area contributed by atoms with Crippen LogP contribution in [0.25, 0.3) is 0 Å². The molecule has 0 aliphatic heterocycles. The van der Waals surface area contributed by atoms with Crippen LogP contribution in [-0.4, -0.2) is 10.1 Å². The summed E-state index contributed by atoms with van der Waals surface area (Å²) < 4.78 is 24.7. The number of aromatic nitrogens is 1. The number of H-pyrrole nitrogens is 1. The number of aliphatic hydroxyl groups is 1. The molecule has 6 heteroatoms. The third kappa shape index (κ3) is 2.19. The smallest absolute Gasteiger partial charge is 0.269 e. The number of halogens is 3. The first-order valence-corrected chi connectivity index (χ1v) is 4.92. The van der Waals surface area contributed by atoms with E-state index >= 15 is 0 Å². The lowest BCUT2D eigenvalue weighted by atomic mass is 10.2. The van der Waals surface area contributed by atoms with Gasteiger partial charge in [-0.2, -0.15) is 0 Å². The van der Waals surface area contributed by atoms with Crippen molar-refractivity contribution >= 4 is 15.9 Å². The molecule has 1 heterocycles. The normalized spacial score (nSPS) is 10.9. The molecule has 1 aromatic heterocycles. The number of aromatic amines is 1. The number of hydrogen-bond donors (Lipinski definition) is 2. The Balaban J connectivity index is 3.35. The molecule has 0 aliphatic carbocycles. The van der Waals surface area contributed by atoms with Gasteiger partial charge in [0.1, 0.15) is 0 Å². The van der Waals surface area contributed by atoms with Crippen LogP contribution in [0.1, 0.15) is 23.4 Å². The highest BCUT2D eigenvalue weighted by Crippen LogP contribution is 2.18. The van der Waals surface area contributed by atoms with Gasteiger partial charge in [0.25, 0.3) is 6.43 Å². The van der Waals surface area contributed by atoms with Crippen LogP contribution in [0.4, 0.5) is 8.78 Å². The lowest BCUT2D eigenvalue weighted by Crippen LogP contribution is -2.15. The van der Waals surface area contributed by atoms with Crippen molar-refractivity contribution in [3.05, 3.63) is 33.2 Å². The maximum absolute atomic E-state index is 12.4. The molecular weight excluding hydrogens is 260 g/mol. The second kappa shape index (κ2) is 4.65. The van der Waals surface area contributed by atoms with E-state index in [4.69, 9.17) is 5.11 Å². The lowest BCUT2D eigenvalue weighted by Gasteiger charge is -2.07. The fraction of sp³-hybridized carbons (Fsp3) is 0.375. The summed E-state index contributed by atoms with van der Waals surface area (Å²) in [5, 5.41) is 9.14. The van der Waals surface area contributed by atoms with Crippen LogP contribution in [0, 0.1) is 0 Å². The van der Waals surface area contributed by atoms with Gasteiger partial charge in [-0.25, -0.2) is 8.78 Å². The highest BCUT2D eigenvalue weighted by atomic mass is 79.9. The first kappa shape index (κ1) is 11.3. The van der Waals surface area contributed by atoms with Crippen LogP contribution in [0.2, 0.25) is 0 Å². The summed E-state index contributed by atoms with van der Waals surface area (Å²) in [6.07, 6.45) is -2.87. The molecule has 0 aromatic carbocycles. The SMILES string of the molecule is O=c1cc(CBr)[nH]c(CO)c1C(F)F. The first-order valence-electron chi connectivity index (χ1n) is 3.80. The molecule has 14 heavy (non-hydrogen) atoms. The van der Waals surface area contributed by atoms with Gasteiger partial charge in [0, 0.05) is 17.1 Å². The molecule has 0 aliphatic rings. The predicted octanol–water partition coefficient (Wildman–Crippen LogP) is 1.70. The number of alkyl halides is 3. The lowest BCUT2D eigenvalue weighted by molar-refractivity contribution is 0.144. The van der Waals surface area contributed by atoms with Gasteiger partial charge in [-0.15, -0.1) is 0 Å². The minimum atomic E-state index is -2.87. The molecule has 0 saturated carbocycles. The minimum absolute atomic E-state index is 0.123. The molecule has 3 nitrogen and oxygen atoms in total. The van der Waals surface area contributed by atoms with Crippen LogP contribution in [0.15, 0.2) is 10.9 Å². The Labute approximate surface area is 86.9 Å². The fourth-order valence-corrected chi connectivity index (χ4v) is 1.42. The summed E-state index contributed by atoms with van der Waals surface area (Å²) >= 11 is 3.08. The molecule has 0 saturated heterocycles. The van der Waals surface area contributed by atoms with E-state index in [9.17, 15) is 13.6 Å². The van der Waals surface area contributed by atoms with E-state index in [1.54, 1.807) is 0 Å². The van der Waals surface area contributed by atoms with E-state index in [1.165, 1.54) is 0 Å². The molecule has 1 aromatic rings. The topological polar surface area (TPSA) is 53.1 Å². The molecule has 0 fully saturated rings. The molecule has 78 valence electrons. The molecule has 0 bridgehead atoms. The zero-order valence-corrected chi connectivity index (χ0v) is 8.64. The summed E-state index contributed by atoms with van der Waals surface area (Å²) in [7, 11) is 0. The van der Waals surface area contributed by atoms with Crippen molar-refractivity contribution in [2.75, 3.05) is 0 Å². The van der Waals surface area contributed by atoms with Crippen molar-refractivity contribution in [2.24, 2.45) is 0 Å². The largest absolute Gasteiger partial charge is 0.390 e. The van der Waals surface area contributed by atoms with E-state index in [2.05, 4.69) is 20.9 Å². The second-order valence-corrected chi connectivity index (χ2v) is 3.20. The highest BCUT2D eigenvalue weighted by molar-refractivity contribution is 9.08. The Morgan fingerprint density at radius 2 is 2.21 bits per heavy atom. The molecule has 2 N–H and O–H groups in total. The van der Waals surface area contributed by atoms with Crippen LogP contribution in [0.5, 0.6) is 0 Å². The molecule has 0 spiro atoms. The van der Waals surface area contributed by atoms with E-state index in [0.717, 1.165) is 6.07 Å². The Bertz CT molecular complexity index is 378. The van der Waals surface area contributed by atoms with Crippen molar-refractivity contribution in [1.82, 2.24) is 4.98 Å². The summed E-state index contributed by atoms with van der Waals surface area (Å²) in [5.74, 6) is 0. The van der Waals surface area contributed by atoms with E-state index < -0.39 is 24.0 Å². The van der Waals surface area contributed by atoms with Crippen molar-refractivity contribution in [3.63, 3.8) is 0 Å². The molecule has 0 radical (unpaired) electrons. The predicted molar refractivity (Wildman–Crippen MR) is 50.6 cm³/mol. The van der Waals surface area contributed by atoms with Gasteiger partial charge in [-0.05, 0) is 0 Å². The molecule has 1 rings (SSSR count). The number of aliphatic hydroxyl groups excluding tert-OH is 1. The van der Waals surface area contributed by atoms with Gasteiger partial charge < -0.3 is 10.1 Å². The standard InChI is InChI=1S/C8H8BrF2NO2/c9-2-4-1-6(14)7(8(10)11)5(3-13)12-4/h1,8,13H,2-3H2,(H,12,14).